The van der Waals surface area contributed by atoms with Gasteiger partial charge in [0, 0.05) is 28.6 Å². The smallest absolute Gasteiger partial charge is 0.307 e. The quantitative estimate of drug-likeness (QED) is 0.384. The third kappa shape index (κ3) is 4.55. The molecule has 1 aromatic heterocycles. The molecule has 3 N–H and O–H groups in total. The summed E-state index contributed by atoms with van der Waals surface area (Å²) in [5.41, 5.74) is 11.4. The normalized spacial score (nSPS) is 10.9. The number of benzene rings is 3. The lowest BCUT2D eigenvalue weighted by atomic mass is 9.99. The van der Waals surface area contributed by atoms with Crippen LogP contribution in [0.15, 0.2) is 71.3 Å². The van der Waals surface area contributed by atoms with Gasteiger partial charge in [0.25, 0.3) is 0 Å². The monoisotopic (exact) mass is 429 g/mol. The average molecular weight is 429 g/mol. The van der Waals surface area contributed by atoms with Gasteiger partial charge in [0.2, 0.25) is 0 Å². The predicted octanol–water partition coefficient (Wildman–Crippen LogP) is 4.97. The van der Waals surface area contributed by atoms with Gasteiger partial charge in [-0.05, 0) is 53.9 Å². The first kappa shape index (κ1) is 21.3. The maximum Gasteiger partial charge on any atom is 0.307 e. The highest BCUT2D eigenvalue weighted by molar-refractivity contribution is 5.95. The summed E-state index contributed by atoms with van der Waals surface area (Å²) < 4.78 is 11.7. The van der Waals surface area contributed by atoms with Gasteiger partial charge in [0.1, 0.15) is 17.9 Å². The molecule has 4 rings (SSSR count). The molecule has 0 radical (unpaired) electrons. The molecule has 32 heavy (non-hydrogen) atoms. The number of rotatable bonds is 8. The van der Waals surface area contributed by atoms with Gasteiger partial charge in [-0.1, -0.05) is 30.3 Å². The molecule has 0 atom stereocenters. The number of Topliss-reactive ketones (excluding diaryl/α,β-unsaturated/α-hetero) is 1. The van der Waals surface area contributed by atoms with Crippen molar-refractivity contribution in [1.82, 2.24) is 0 Å². The minimum atomic E-state index is -0.965. The van der Waals surface area contributed by atoms with E-state index in [1.165, 1.54) is 6.92 Å². The van der Waals surface area contributed by atoms with Gasteiger partial charge in [-0.15, -0.1) is 0 Å². The van der Waals surface area contributed by atoms with Crippen LogP contribution >= 0.6 is 0 Å². The fraction of sp³-hybridized carbons (Fsp3) is 0.154. The fourth-order valence-corrected chi connectivity index (χ4v) is 3.69. The Balaban J connectivity index is 1.69. The SMILES string of the molecule is CC(=O)c1ccc(CC(=O)O)c(OCc2cc(-c3cccc(CN)c3)c3occc3c2)c1. The lowest BCUT2D eigenvalue weighted by Gasteiger charge is -2.13. The highest BCUT2D eigenvalue weighted by Crippen LogP contribution is 2.32. The lowest BCUT2D eigenvalue weighted by molar-refractivity contribution is -0.136. The van der Waals surface area contributed by atoms with E-state index >= 15 is 0 Å². The predicted molar refractivity (Wildman–Crippen MR) is 122 cm³/mol. The highest BCUT2D eigenvalue weighted by Gasteiger charge is 2.14. The summed E-state index contributed by atoms with van der Waals surface area (Å²) in [6, 6.07) is 18.7. The number of hydrogen-bond donors (Lipinski definition) is 2. The first-order valence-electron chi connectivity index (χ1n) is 10.2. The number of ether oxygens (including phenoxy) is 1. The zero-order valence-corrected chi connectivity index (χ0v) is 17.6. The minimum Gasteiger partial charge on any atom is -0.489 e. The van der Waals surface area contributed by atoms with E-state index < -0.39 is 5.97 Å². The van der Waals surface area contributed by atoms with Crippen molar-refractivity contribution in [3.63, 3.8) is 0 Å². The van der Waals surface area contributed by atoms with Crippen LogP contribution in [0.5, 0.6) is 5.75 Å². The number of hydrogen-bond acceptors (Lipinski definition) is 5. The lowest BCUT2D eigenvalue weighted by Crippen LogP contribution is -2.06. The topological polar surface area (TPSA) is 103 Å². The van der Waals surface area contributed by atoms with Crippen LogP contribution in [0, 0.1) is 0 Å². The molecule has 0 saturated heterocycles. The maximum absolute atomic E-state index is 11.8. The second-order valence-electron chi connectivity index (χ2n) is 7.62. The van der Waals surface area contributed by atoms with Crippen molar-refractivity contribution in [1.29, 1.82) is 0 Å². The Morgan fingerprint density at radius 1 is 1.03 bits per heavy atom. The Morgan fingerprint density at radius 2 is 1.88 bits per heavy atom. The van der Waals surface area contributed by atoms with E-state index in [0.29, 0.717) is 23.4 Å². The van der Waals surface area contributed by atoms with Gasteiger partial charge in [0.05, 0.1) is 12.7 Å². The van der Waals surface area contributed by atoms with E-state index in [-0.39, 0.29) is 18.8 Å². The molecule has 0 spiro atoms. The molecule has 162 valence electrons. The van der Waals surface area contributed by atoms with Gasteiger partial charge in [-0.2, -0.15) is 0 Å². The van der Waals surface area contributed by atoms with Crippen molar-refractivity contribution in [2.24, 2.45) is 5.73 Å². The largest absolute Gasteiger partial charge is 0.489 e. The second-order valence-corrected chi connectivity index (χ2v) is 7.62. The summed E-state index contributed by atoms with van der Waals surface area (Å²) in [5.74, 6) is -0.690. The van der Waals surface area contributed by atoms with Crippen LogP contribution in [0.2, 0.25) is 0 Å². The standard InChI is InChI=1S/C26H23NO5/c1-16(28)19-5-6-21(13-25(29)30)24(12-19)32-15-18-10-22-7-8-31-26(22)23(11-18)20-4-2-3-17(9-20)14-27/h2-12H,13-15,27H2,1H3,(H,29,30). The maximum atomic E-state index is 11.8. The Labute approximate surface area is 185 Å². The molecular weight excluding hydrogens is 406 g/mol. The molecule has 0 bridgehead atoms. The Morgan fingerprint density at radius 3 is 2.62 bits per heavy atom. The van der Waals surface area contributed by atoms with Crippen LogP contribution in [0.4, 0.5) is 0 Å². The second kappa shape index (κ2) is 9.08. The van der Waals surface area contributed by atoms with Crippen LogP contribution in [0.25, 0.3) is 22.1 Å². The Bertz CT molecular complexity index is 1300. The van der Waals surface area contributed by atoms with E-state index in [9.17, 15) is 14.7 Å². The molecule has 6 heteroatoms. The van der Waals surface area contributed by atoms with E-state index in [4.69, 9.17) is 14.9 Å². The van der Waals surface area contributed by atoms with Gasteiger partial charge in [-0.25, -0.2) is 0 Å². The van der Waals surface area contributed by atoms with Crippen molar-refractivity contribution in [3.8, 4) is 16.9 Å². The minimum absolute atomic E-state index is 0.112. The molecule has 0 unspecified atom stereocenters. The summed E-state index contributed by atoms with van der Waals surface area (Å²) in [5, 5.41) is 10.1. The number of carbonyl (C=O) groups is 2. The number of aliphatic carboxylic acids is 1. The summed E-state index contributed by atoms with van der Waals surface area (Å²) in [6.45, 7) is 2.11. The highest BCUT2D eigenvalue weighted by atomic mass is 16.5. The number of carboxylic acid groups (broad SMARTS) is 1. The molecular formula is C26H23NO5. The molecule has 1 heterocycles. The van der Waals surface area contributed by atoms with E-state index in [0.717, 1.165) is 33.2 Å². The molecule has 0 aliphatic heterocycles. The van der Waals surface area contributed by atoms with Crippen LogP contribution in [0.1, 0.15) is 34.0 Å². The van der Waals surface area contributed by atoms with E-state index in [1.807, 2.05) is 42.5 Å². The van der Waals surface area contributed by atoms with E-state index in [2.05, 4.69) is 0 Å². The molecule has 0 saturated carbocycles. The number of furan rings is 1. The van der Waals surface area contributed by atoms with Crippen molar-refractivity contribution < 1.29 is 23.8 Å². The molecule has 3 aromatic carbocycles. The zero-order valence-electron chi connectivity index (χ0n) is 17.6. The third-order valence-corrected chi connectivity index (χ3v) is 5.29. The van der Waals surface area contributed by atoms with Crippen molar-refractivity contribution in [3.05, 3.63) is 89.2 Å². The van der Waals surface area contributed by atoms with Crippen molar-refractivity contribution >= 4 is 22.7 Å². The summed E-state index contributed by atoms with van der Waals surface area (Å²) in [6.07, 6.45) is 1.46. The van der Waals surface area contributed by atoms with Gasteiger partial charge in [0.15, 0.2) is 5.78 Å². The van der Waals surface area contributed by atoms with E-state index in [1.54, 1.807) is 24.5 Å². The molecule has 6 nitrogen and oxygen atoms in total. The van der Waals surface area contributed by atoms with Gasteiger partial charge in [-0.3, -0.25) is 9.59 Å². The van der Waals surface area contributed by atoms with Crippen LogP contribution < -0.4 is 10.5 Å². The summed E-state index contributed by atoms with van der Waals surface area (Å²) in [4.78, 5) is 23.0. The molecule has 0 aliphatic carbocycles. The van der Waals surface area contributed by atoms with Gasteiger partial charge >= 0.3 is 5.97 Å². The van der Waals surface area contributed by atoms with Gasteiger partial charge < -0.3 is 20.0 Å². The van der Waals surface area contributed by atoms with Crippen LogP contribution in [-0.4, -0.2) is 16.9 Å². The summed E-state index contributed by atoms with van der Waals surface area (Å²) in [7, 11) is 0. The zero-order chi connectivity index (χ0) is 22.7. The van der Waals surface area contributed by atoms with Crippen LogP contribution in [-0.2, 0) is 24.4 Å². The number of ketones is 1. The van der Waals surface area contributed by atoms with Crippen LogP contribution in [0.3, 0.4) is 0 Å². The first-order valence-corrected chi connectivity index (χ1v) is 10.2. The molecule has 0 aliphatic rings. The molecule has 0 fully saturated rings. The Hall–Kier alpha value is -3.90. The summed E-state index contributed by atoms with van der Waals surface area (Å²) >= 11 is 0. The van der Waals surface area contributed by atoms with Crippen molar-refractivity contribution in [2.75, 3.05) is 0 Å². The molecule has 4 aromatic rings. The number of nitrogens with two attached hydrogens (primary N) is 1. The number of carboxylic acids is 1. The number of fused-ring (bicyclic) bond motifs is 1. The molecule has 0 amide bonds. The first-order chi connectivity index (χ1) is 15.4. The average Bonchev–Trinajstić information content (AvgIpc) is 3.26. The third-order valence-electron chi connectivity index (χ3n) is 5.29. The number of carbonyl (C=O) groups excluding carboxylic acids is 1. The fourth-order valence-electron chi connectivity index (χ4n) is 3.69. The van der Waals surface area contributed by atoms with Crippen molar-refractivity contribution in [2.45, 2.75) is 26.5 Å². The Kier molecular flexibility index (Phi) is 6.05.